The first-order valence-corrected chi connectivity index (χ1v) is 8.15. The van der Waals surface area contributed by atoms with Crippen LogP contribution in [-0.2, 0) is 4.74 Å². The smallest absolute Gasteiger partial charge is 0.0593 e. The van der Waals surface area contributed by atoms with E-state index >= 15 is 0 Å². The highest BCUT2D eigenvalue weighted by atomic mass is 16.5. The zero-order valence-corrected chi connectivity index (χ0v) is 12.4. The minimum Gasteiger partial charge on any atom is -0.395 e. The molecule has 2 fully saturated rings. The summed E-state index contributed by atoms with van der Waals surface area (Å²) in [4.78, 5) is 2.53. The number of ether oxygens (including phenoxy) is 1. The molecule has 0 radical (unpaired) electrons. The van der Waals surface area contributed by atoms with E-state index in [0.29, 0.717) is 18.0 Å². The summed E-state index contributed by atoms with van der Waals surface area (Å²) >= 11 is 0. The molecule has 114 valence electrons. The summed E-state index contributed by atoms with van der Waals surface area (Å²) in [7, 11) is 0. The number of para-hydroxylation sites is 1. The minimum absolute atomic E-state index is 0.263. The number of aliphatic hydroxyl groups is 1. The van der Waals surface area contributed by atoms with Gasteiger partial charge in [0.25, 0.3) is 0 Å². The van der Waals surface area contributed by atoms with Gasteiger partial charge in [-0.05, 0) is 30.4 Å². The number of nitrogens with one attached hydrogen (secondary N) is 1. The number of aliphatic hydroxyl groups excluding tert-OH is 1. The number of anilines is 1. The molecule has 0 aromatic heterocycles. The molecule has 0 aliphatic carbocycles. The van der Waals surface area contributed by atoms with Crippen molar-refractivity contribution in [3.8, 4) is 0 Å². The normalized spacial score (nSPS) is 32.7. The molecule has 4 rings (SSSR count). The molecule has 2 N–H and O–H groups in total. The van der Waals surface area contributed by atoms with Crippen molar-refractivity contribution in [1.82, 2.24) is 4.90 Å². The first-order valence-electron chi connectivity index (χ1n) is 8.15. The lowest BCUT2D eigenvalue weighted by atomic mass is 9.72. The first kappa shape index (κ1) is 13.6. The van der Waals surface area contributed by atoms with Crippen LogP contribution in [0, 0.1) is 5.92 Å². The summed E-state index contributed by atoms with van der Waals surface area (Å²) in [6, 6.07) is 9.40. The van der Waals surface area contributed by atoms with Crippen LogP contribution in [0.3, 0.4) is 0 Å². The molecule has 21 heavy (non-hydrogen) atoms. The molecule has 4 nitrogen and oxygen atoms in total. The maximum absolute atomic E-state index is 9.86. The van der Waals surface area contributed by atoms with E-state index in [1.54, 1.807) is 0 Å². The van der Waals surface area contributed by atoms with Gasteiger partial charge in [-0.3, -0.25) is 4.90 Å². The molecule has 1 aromatic carbocycles. The highest BCUT2D eigenvalue weighted by molar-refractivity contribution is 5.57. The largest absolute Gasteiger partial charge is 0.395 e. The van der Waals surface area contributed by atoms with Gasteiger partial charge in [-0.2, -0.15) is 0 Å². The summed E-state index contributed by atoms with van der Waals surface area (Å²) in [5.41, 5.74) is 2.64. The second kappa shape index (κ2) is 5.59. The van der Waals surface area contributed by atoms with Gasteiger partial charge in [-0.1, -0.05) is 18.2 Å². The number of nitrogens with zero attached hydrogens (tertiary/aromatic N) is 1. The van der Waals surface area contributed by atoms with Crippen molar-refractivity contribution in [2.75, 3.05) is 38.2 Å². The fourth-order valence-electron chi connectivity index (χ4n) is 4.35. The molecule has 0 amide bonds. The van der Waals surface area contributed by atoms with Crippen LogP contribution >= 0.6 is 0 Å². The van der Waals surface area contributed by atoms with Crippen LogP contribution < -0.4 is 5.32 Å². The van der Waals surface area contributed by atoms with E-state index in [-0.39, 0.29) is 6.61 Å². The Bertz CT molecular complexity index is 501. The third kappa shape index (κ3) is 2.26. The number of hydrogen-bond donors (Lipinski definition) is 2. The van der Waals surface area contributed by atoms with Gasteiger partial charge in [-0.15, -0.1) is 0 Å². The van der Waals surface area contributed by atoms with Crippen molar-refractivity contribution in [1.29, 1.82) is 0 Å². The average Bonchev–Trinajstić information content (AvgIpc) is 2.54. The standard InChI is InChI=1S/C17H24N2O2/c20-11-16-17-13-3-1-2-4-14(13)18-9-15(17)19(16)10-12-5-7-21-8-6-12/h1-4,12,15-18,20H,5-11H2/t15-,16+,17+/m1/s1. The van der Waals surface area contributed by atoms with Gasteiger partial charge in [0.1, 0.15) is 0 Å². The van der Waals surface area contributed by atoms with Gasteiger partial charge in [0.2, 0.25) is 0 Å². The molecule has 0 bridgehead atoms. The van der Waals surface area contributed by atoms with Gasteiger partial charge in [0.05, 0.1) is 6.61 Å². The van der Waals surface area contributed by atoms with Crippen molar-refractivity contribution >= 4 is 5.69 Å². The highest BCUT2D eigenvalue weighted by Gasteiger charge is 2.51. The third-order valence-corrected chi connectivity index (χ3v) is 5.50. The van der Waals surface area contributed by atoms with E-state index in [1.807, 2.05) is 0 Å². The van der Waals surface area contributed by atoms with Gasteiger partial charge >= 0.3 is 0 Å². The maximum Gasteiger partial charge on any atom is 0.0593 e. The third-order valence-electron chi connectivity index (χ3n) is 5.50. The Morgan fingerprint density at radius 1 is 1.24 bits per heavy atom. The molecule has 0 spiro atoms. The molecule has 3 heterocycles. The molecule has 2 saturated heterocycles. The lowest BCUT2D eigenvalue weighted by Gasteiger charge is -2.58. The SMILES string of the molecule is OC[C@H]1[C@H]2c3ccccc3NC[C@H]2N1CC1CCOCC1. The van der Waals surface area contributed by atoms with E-state index < -0.39 is 0 Å². The Hall–Kier alpha value is -1.10. The quantitative estimate of drug-likeness (QED) is 0.888. The predicted molar refractivity (Wildman–Crippen MR) is 82.6 cm³/mol. The van der Waals surface area contributed by atoms with Crippen molar-refractivity contribution in [3.05, 3.63) is 29.8 Å². The number of fused-ring (bicyclic) bond motifs is 3. The van der Waals surface area contributed by atoms with E-state index in [2.05, 4.69) is 34.5 Å². The topological polar surface area (TPSA) is 44.7 Å². The zero-order valence-electron chi connectivity index (χ0n) is 12.4. The summed E-state index contributed by atoms with van der Waals surface area (Å²) in [6.45, 7) is 4.18. The van der Waals surface area contributed by atoms with Crippen LogP contribution in [0.15, 0.2) is 24.3 Å². The molecule has 3 aliphatic heterocycles. The van der Waals surface area contributed by atoms with Crippen molar-refractivity contribution in [3.63, 3.8) is 0 Å². The molecule has 0 unspecified atom stereocenters. The van der Waals surface area contributed by atoms with Crippen LogP contribution in [-0.4, -0.2) is 55.0 Å². The number of benzene rings is 1. The van der Waals surface area contributed by atoms with Gasteiger partial charge < -0.3 is 15.2 Å². The monoisotopic (exact) mass is 288 g/mol. The Morgan fingerprint density at radius 3 is 2.86 bits per heavy atom. The summed E-state index contributed by atoms with van der Waals surface area (Å²) in [5.74, 6) is 1.22. The second-order valence-electron chi connectivity index (χ2n) is 6.56. The lowest BCUT2D eigenvalue weighted by molar-refractivity contribution is -0.0602. The van der Waals surface area contributed by atoms with Crippen LogP contribution in [0.5, 0.6) is 0 Å². The summed E-state index contributed by atoms with van der Waals surface area (Å²) in [5, 5.41) is 13.4. The fourth-order valence-corrected chi connectivity index (χ4v) is 4.35. The van der Waals surface area contributed by atoms with Gasteiger partial charge in [-0.25, -0.2) is 0 Å². The summed E-state index contributed by atoms with van der Waals surface area (Å²) in [6.07, 6.45) is 2.33. The predicted octanol–water partition coefficient (Wildman–Crippen LogP) is 1.67. The van der Waals surface area contributed by atoms with Crippen LogP contribution in [0.1, 0.15) is 24.3 Å². The Labute approximate surface area is 126 Å². The number of likely N-dealkylation sites (tertiary alicyclic amines) is 1. The van der Waals surface area contributed by atoms with Crippen LogP contribution in [0.25, 0.3) is 0 Å². The molecule has 1 aromatic rings. The van der Waals surface area contributed by atoms with Crippen LogP contribution in [0.2, 0.25) is 0 Å². The average molecular weight is 288 g/mol. The Balaban J connectivity index is 1.51. The highest BCUT2D eigenvalue weighted by Crippen LogP contribution is 2.46. The van der Waals surface area contributed by atoms with Crippen molar-refractivity contribution in [2.45, 2.75) is 30.8 Å². The summed E-state index contributed by atoms with van der Waals surface area (Å²) < 4.78 is 5.46. The van der Waals surface area contributed by atoms with Crippen molar-refractivity contribution in [2.24, 2.45) is 5.92 Å². The molecular weight excluding hydrogens is 264 g/mol. The molecule has 0 saturated carbocycles. The Morgan fingerprint density at radius 2 is 2.05 bits per heavy atom. The first-order chi connectivity index (χ1) is 10.4. The van der Waals surface area contributed by atoms with Gasteiger partial charge in [0, 0.05) is 50.0 Å². The van der Waals surface area contributed by atoms with E-state index in [9.17, 15) is 5.11 Å². The maximum atomic E-state index is 9.86. The van der Waals surface area contributed by atoms with E-state index in [4.69, 9.17) is 4.74 Å². The van der Waals surface area contributed by atoms with Crippen LogP contribution in [0.4, 0.5) is 5.69 Å². The lowest BCUT2D eigenvalue weighted by Crippen LogP contribution is -2.68. The number of hydrogen-bond acceptors (Lipinski definition) is 4. The molecule has 3 aliphatic rings. The molecule has 3 atom stereocenters. The molecule has 4 heteroatoms. The van der Waals surface area contributed by atoms with E-state index in [0.717, 1.165) is 45.1 Å². The number of rotatable bonds is 3. The second-order valence-corrected chi connectivity index (χ2v) is 6.56. The zero-order chi connectivity index (χ0) is 14.2. The van der Waals surface area contributed by atoms with Crippen molar-refractivity contribution < 1.29 is 9.84 Å². The minimum atomic E-state index is 0.263. The Kier molecular flexibility index (Phi) is 3.61. The molecular formula is C17H24N2O2. The van der Waals surface area contributed by atoms with Gasteiger partial charge in [0.15, 0.2) is 0 Å². The fraction of sp³-hybridized carbons (Fsp3) is 0.647. The van der Waals surface area contributed by atoms with E-state index in [1.165, 1.54) is 11.3 Å².